The highest BCUT2D eigenvalue weighted by atomic mass is 32.1. The van der Waals surface area contributed by atoms with Crippen LogP contribution in [0.5, 0.6) is 0 Å². The second-order valence-corrected chi connectivity index (χ2v) is 8.07. The molecule has 1 fully saturated rings. The third-order valence-corrected chi connectivity index (χ3v) is 6.43. The topological polar surface area (TPSA) is 68.0 Å². The molecule has 0 saturated heterocycles. The fourth-order valence-electron chi connectivity index (χ4n) is 3.28. The molecule has 1 atom stereocenters. The molecule has 0 spiro atoms. The van der Waals surface area contributed by atoms with Gasteiger partial charge in [0.2, 0.25) is 5.91 Å². The molecule has 3 rings (SSSR count). The summed E-state index contributed by atoms with van der Waals surface area (Å²) in [6.07, 6.45) is 4.72. The van der Waals surface area contributed by atoms with Crippen LogP contribution in [0.3, 0.4) is 0 Å². The van der Waals surface area contributed by atoms with Gasteiger partial charge in [0.25, 0.3) is 0 Å². The van der Waals surface area contributed by atoms with Crippen molar-refractivity contribution >= 4 is 27.5 Å². The van der Waals surface area contributed by atoms with E-state index in [2.05, 4.69) is 25.2 Å². The third kappa shape index (κ3) is 3.62. The Bertz CT molecular complexity index is 670. The molecule has 24 heavy (non-hydrogen) atoms. The Morgan fingerprint density at radius 3 is 2.71 bits per heavy atom. The zero-order chi connectivity index (χ0) is 17.2. The Balaban J connectivity index is 1.72. The van der Waals surface area contributed by atoms with Crippen LogP contribution in [0, 0.1) is 11.3 Å². The first-order valence-electron chi connectivity index (χ1n) is 8.96. The minimum absolute atomic E-state index is 0.0998. The summed E-state index contributed by atoms with van der Waals surface area (Å²) in [5, 5.41) is 4.16. The zero-order valence-corrected chi connectivity index (χ0v) is 15.4. The Hall–Kier alpha value is -1.46. The van der Waals surface area contributed by atoms with Crippen molar-refractivity contribution in [2.45, 2.75) is 52.0 Å². The molecule has 5 heteroatoms. The van der Waals surface area contributed by atoms with Gasteiger partial charge in [-0.2, -0.15) is 0 Å². The quantitative estimate of drug-likeness (QED) is 0.769. The molecule has 0 aliphatic heterocycles. The van der Waals surface area contributed by atoms with Crippen molar-refractivity contribution in [3.05, 3.63) is 29.3 Å². The molecule has 1 aliphatic carbocycles. The average Bonchev–Trinajstić information content (AvgIpc) is 3.37. The molecule has 1 aromatic heterocycles. The molecule has 1 saturated carbocycles. The van der Waals surface area contributed by atoms with E-state index in [0.29, 0.717) is 18.9 Å². The summed E-state index contributed by atoms with van der Waals surface area (Å²) in [6, 6.07) is 8.25. The first kappa shape index (κ1) is 17.4. The van der Waals surface area contributed by atoms with Gasteiger partial charge in [-0.1, -0.05) is 26.0 Å². The van der Waals surface area contributed by atoms with Crippen LogP contribution in [0.1, 0.15) is 44.5 Å². The van der Waals surface area contributed by atoms with Crippen LogP contribution in [0.2, 0.25) is 0 Å². The molecule has 1 aliphatic rings. The number of rotatable bonds is 8. The van der Waals surface area contributed by atoms with E-state index in [1.54, 1.807) is 11.3 Å². The molecule has 130 valence electrons. The van der Waals surface area contributed by atoms with E-state index < -0.39 is 5.41 Å². The summed E-state index contributed by atoms with van der Waals surface area (Å²) in [5.41, 5.74) is 6.76. The lowest BCUT2D eigenvalue weighted by molar-refractivity contribution is -0.131. The van der Waals surface area contributed by atoms with Crippen molar-refractivity contribution < 1.29 is 4.79 Å². The van der Waals surface area contributed by atoms with E-state index in [-0.39, 0.29) is 11.9 Å². The van der Waals surface area contributed by atoms with Gasteiger partial charge < -0.3 is 11.1 Å². The lowest BCUT2D eigenvalue weighted by Gasteiger charge is -2.30. The Morgan fingerprint density at radius 2 is 2.08 bits per heavy atom. The minimum atomic E-state index is -0.392. The van der Waals surface area contributed by atoms with Crippen LogP contribution < -0.4 is 11.1 Å². The van der Waals surface area contributed by atoms with Gasteiger partial charge in [0.15, 0.2) is 0 Å². The number of para-hydroxylation sites is 1. The predicted octanol–water partition coefficient (Wildman–Crippen LogP) is 3.50. The number of hydrogen-bond acceptors (Lipinski definition) is 4. The largest absolute Gasteiger partial charge is 0.354 e. The van der Waals surface area contributed by atoms with Crippen LogP contribution in [0.25, 0.3) is 10.2 Å². The molecule has 3 N–H and O–H groups in total. The van der Waals surface area contributed by atoms with E-state index in [1.807, 2.05) is 18.2 Å². The number of nitrogens with zero attached hydrogens (tertiary/aromatic N) is 1. The second-order valence-electron chi connectivity index (χ2n) is 6.95. The van der Waals surface area contributed by atoms with Crippen molar-refractivity contribution in [1.29, 1.82) is 0 Å². The Labute approximate surface area is 147 Å². The minimum Gasteiger partial charge on any atom is -0.354 e. The zero-order valence-electron chi connectivity index (χ0n) is 14.5. The van der Waals surface area contributed by atoms with Crippen molar-refractivity contribution in [3.8, 4) is 0 Å². The Kier molecular flexibility index (Phi) is 5.21. The number of carbonyl (C=O) groups excluding carboxylic acids is 1. The maximum atomic E-state index is 12.9. The molecule has 0 radical (unpaired) electrons. The van der Waals surface area contributed by atoms with Crippen LogP contribution in [-0.2, 0) is 11.2 Å². The van der Waals surface area contributed by atoms with Crippen molar-refractivity contribution in [3.63, 3.8) is 0 Å². The summed E-state index contributed by atoms with van der Waals surface area (Å²) >= 11 is 1.70. The molecule has 0 bridgehead atoms. The van der Waals surface area contributed by atoms with Gasteiger partial charge in [0.1, 0.15) is 0 Å². The highest BCUT2D eigenvalue weighted by molar-refractivity contribution is 7.18. The summed E-state index contributed by atoms with van der Waals surface area (Å²) < 4.78 is 1.18. The molecular formula is C19H27N3OS. The number of fused-ring (bicyclic) bond motifs is 1. The lowest BCUT2D eigenvalue weighted by Crippen LogP contribution is -2.46. The number of aromatic nitrogens is 1. The summed E-state index contributed by atoms with van der Waals surface area (Å²) in [6.45, 7) is 4.78. The highest BCUT2D eigenvalue weighted by Crippen LogP contribution is 2.35. The summed E-state index contributed by atoms with van der Waals surface area (Å²) in [7, 11) is 0. The predicted molar refractivity (Wildman–Crippen MR) is 100 cm³/mol. The number of benzene rings is 1. The van der Waals surface area contributed by atoms with Crippen LogP contribution in [0.15, 0.2) is 24.3 Å². The van der Waals surface area contributed by atoms with E-state index >= 15 is 0 Å². The lowest BCUT2D eigenvalue weighted by atomic mass is 9.78. The third-order valence-electron chi connectivity index (χ3n) is 5.39. The smallest absolute Gasteiger partial charge is 0.226 e. The van der Waals surface area contributed by atoms with Gasteiger partial charge >= 0.3 is 0 Å². The van der Waals surface area contributed by atoms with E-state index in [1.165, 1.54) is 17.5 Å². The van der Waals surface area contributed by atoms with Crippen molar-refractivity contribution in [1.82, 2.24) is 10.3 Å². The maximum Gasteiger partial charge on any atom is 0.226 e. The second kappa shape index (κ2) is 7.19. The number of amides is 1. The molecule has 1 unspecified atom stereocenters. The van der Waals surface area contributed by atoms with Crippen LogP contribution in [0.4, 0.5) is 0 Å². The van der Waals surface area contributed by atoms with Crippen molar-refractivity contribution in [2.75, 3.05) is 6.54 Å². The summed E-state index contributed by atoms with van der Waals surface area (Å²) in [4.78, 5) is 17.6. The standard InChI is InChI=1S/C19H27N3OS/c1-3-19(4-2,18(23)21-12-14(20)13-9-10-13)11-17-22-15-7-5-6-8-16(15)24-17/h5-8,13-14H,3-4,9-12,20H2,1-2H3,(H,21,23). The fraction of sp³-hybridized carbons (Fsp3) is 0.579. The highest BCUT2D eigenvalue weighted by Gasteiger charge is 2.37. The van der Waals surface area contributed by atoms with Gasteiger partial charge in [-0.3, -0.25) is 4.79 Å². The molecule has 1 heterocycles. The number of thiazole rings is 1. The summed E-state index contributed by atoms with van der Waals surface area (Å²) in [5.74, 6) is 0.732. The normalized spacial score (nSPS) is 16.3. The average molecular weight is 346 g/mol. The first-order chi connectivity index (χ1) is 11.6. The molecule has 2 aromatic rings. The molecule has 1 aromatic carbocycles. The number of nitrogens with two attached hydrogens (primary N) is 1. The Morgan fingerprint density at radius 1 is 1.38 bits per heavy atom. The van der Waals surface area contributed by atoms with E-state index in [0.717, 1.165) is 23.4 Å². The van der Waals surface area contributed by atoms with Gasteiger partial charge in [-0.15, -0.1) is 11.3 Å². The van der Waals surface area contributed by atoms with E-state index in [9.17, 15) is 4.79 Å². The maximum absolute atomic E-state index is 12.9. The number of hydrogen-bond donors (Lipinski definition) is 2. The van der Waals surface area contributed by atoms with Crippen LogP contribution >= 0.6 is 11.3 Å². The molecule has 4 nitrogen and oxygen atoms in total. The molecular weight excluding hydrogens is 318 g/mol. The molecule has 1 amide bonds. The van der Waals surface area contributed by atoms with Gasteiger partial charge in [0, 0.05) is 19.0 Å². The van der Waals surface area contributed by atoms with Gasteiger partial charge in [0.05, 0.1) is 20.6 Å². The number of carbonyl (C=O) groups is 1. The number of nitrogens with one attached hydrogen (secondary N) is 1. The van der Waals surface area contributed by atoms with Gasteiger partial charge in [-0.05, 0) is 43.7 Å². The fourth-order valence-corrected chi connectivity index (χ4v) is 4.39. The van der Waals surface area contributed by atoms with Gasteiger partial charge in [-0.25, -0.2) is 4.98 Å². The van der Waals surface area contributed by atoms with Crippen LogP contribution in [-0.4, -0.2) is 23.5 Å². The monoisotopic (exact) mass is 345 g/mol. The van der Waals surface area contributed by atoms with Crippen molar-refractivity contribution in [2.24, 2.45) is 17.1 Å². The first-order valence-corrected chi connectivity index (χ1v) is 9.78. The van der Waals surface area contributed by atoms with E-state index in [4.69, 9.17) is 10.7 Å². The SMILES string of the molecule is CCC(CC)(Cc1nc2ccccc2s1)C(=O)NCC(N)C1CC1.